The summed E-state index contributed by atoms with van der Waals surface area (Å²) in [6.45, 7) is 0. The Balaban J connectivity index is 1.97. The largest absolute Gasteiger partial charge is 0.307 e. The topological polar surface area (TPSA) is 18.5 Å². The molecule has 0 aromatic heterocycles. The molecule has 4 heteroatoms. The highest BCUT2D eigenvalue weighted by Crippen LogP contribution is 1.78. The number of rotatable bonds is 1. The lowest BCUT2D eigenvalue weighted by molar-refractivity contribution is -0.0380. The van der Waals surface area contributed by atoms with Crippen LogP contribution in [0.15, 0.2) is 0 Å². The van der Waals surface area contributed by atoms with Gasteiger partial charge in [-0.25, -0.2) is 0 Å². The predicted molar refractivity (Wildman–Crippen MR) is 24.7 cm³/mol. The summed E-state index contributed by atoms with van der Waals surface area (Å²) in [6, 6.07) is 0. The van der Waals surface area contributed by atoms with Crippen molar-refractivity contribution in [3.05, 3.63) is 0 Å². The van der Waals surface area contributed by atoms with Gasteiger partial charge in [0.2, 0.25) is 0 Å². The van der Waals surface area contributed by atoms with Gasteiger partial charge in [0.25, 0.3) is 0 Å². The lowest BCUT2D eigenvalue weighted by Gasteiger charge is -1.75. The van der Waals surface area contributed by atoms with Crippen molar-refractivity contribution in [3.63, 3.8) is 0 Å². The van der Waals surface area contributed by atoms with Crippen molar-refractivity contribution in [3.8, 4) is 0 Å². The lowest BCUT2D eigenvalue weighted by atomic mass is 10.6. The molecule has 0 fully saturated rings. The second-order valence-electron chi connectivity index (χ2n) is 0.230. The van der Waals surface area contributed by atoms with Gasteiger partial charge in [0.1, 0.15) is 0 Å². The van der Waals surface area contributed by atoms with Gasteiger partial charge in [0.05, 0.1) is 0 Å². The molecule has 0 N–H and O–H groups in total. The van der Waals surface area contributed by atoms with E-state index in [2.05, 4.69) is 8.02 Å². The van der Waals surface area contributed by atoms with E-state index < -0.39 is 0 Å². The third-order valence-corrected chi connectivity index (χ3v) is 0.423. The molecule has 0 saturated heterocycles. The zero-order valence-corrected chi connectivity index (χ0v) is 4.35. The average Bonchev–Trinajstić information content (AvgIpc) is 1.37. The molecule has 0 aliphatic heterocycles. The first kappa shape index (κ1) is 4.71. The van der Waals surface area contributed by atoms with Crippen molar-refractivity contribution in [2.75, 3.05) is 0 Å². The summed E-state index contributed by atoms with van der Waals surface area (Å²) in [4.78, 5) is 4.03. The molecule has 0 radical (unpaired) electrons. The molecule has 0 bridgehead atoms. The summed E-state index contributed by atoms with van der Waals surface area (Å²) in [5, 5.41) is 0. The third-order valence-electron chi connectivity index (χ3n) is 0.0630. The van der Waals surface area contributed by atoms with E-state index in [1.54, 1.807) is 23.0 Å². The van der Waals surface area contributed by atoms with E-state index in [1.165, 1.54) is 8.05 Å². The molecule has 0 aromatic rings. The number of hydrogen-bond donors (Lipinski definition) is 0. The Kier molecular flexibility index (Phi) is 4.38. The maximum Gasteiger partial charge on any atom is 0.307 e. The average molecular weight is 172 g/mol. The van der Waals surface area contributed by atoms with Crippen LogP contribution in [0.4, 0.5) is 0 Å². The van der Waals surface area contributed by atoms with Crippen molar-refractivity contribution in [2.24, 2.45) is 0 Å². The molecule has 0 saturated carbocycles. The maximum absolute atomic E-state index is 4.03. The molecule has 0 heterocycles. The quantitative estimate of drug-likeness (QED) is 0.236. The van der Waals surface area contributed by atoms with Crippen LogP contribution in [0.25, 0.3) is 0 Å². The van der Waals surface area contributed by atoms with Gasteiger partial charge in [-0.1, -0.05) is 0 Å². The number of hydrogen-bond acceptors (Lipinski definition) is 2. The van der Waals surface area contributed by atoms with Crippen LogP contribution in [0.5, 0.6) is 0 Å². The highest BCUT2D eigenvalue weighted by atomic mass is 127. The van der Waals surface area contributed by atoms with Crippen LogP contribution in [-0.4, -0.2) is 8.05 Å². The van der Waals surface area contributed by atoms with Crippen molar-refractivity contribution in [2.45, 2.75) is 0 Å². The van der Waals surface area contributed by atoms with E-state index >= 15 is 0 Å². The van der Waals surface area contributed by atoms with Gasteiger partial charge in [0, 0.05) is 0 Å². The van der Waals surface area contributed by atoms with E-state index in [0.29, 0.717) is 0 Å². The normalized spacial score (nSPS) is 7.25. The highest BCUT2D eigenvalue weighted by Gasteiger charge is 1.53. The smallest absolute Gasteiger partial charge is 0.305 e. The molecule has 0 aliphatic rings. The highest BCUT2D eigenvalue weighted by molar-refractivity contribution is 14.1. The Morgan fingerprint density at radius 3 is 2.00 bits per heavy atom. The maximum atomic E-state index is 4.03. The van der Waals surface area contributed by atoms with Crippen LogP contribution in [0, 0.1) is 0 Å². The molecule has 0 amide bonds. The van der Waals surface area contributed by atoms with E-state index in [4.69, 9.17) is 0 Å². The summed E-state index contributed by atoms with van der Waals surface area (Å²) < 4.78 is 4.01. The molecule has 0 aromatic carbocycles. The van der Waals surface area contributed by atoms with Crippen molar-refractivity contribution in [1.82, 2.24) is 0 Å². The Bertz CT molecular complexity index is 8.00. The summed E-state index contributed by atoms with van der Waals surface area (Å²) in [5.41, 5.74) is 0. The molecule has 24 valence electrons. The van der Waals surface area contributed by atoms with Crippen LogP contribution >= 0.6 is 23.0 Å². The monoisotopic (exact) mass is 172 g/mol. The standard InChI is InChI=1S/BH2IO2/c1-3-4-2/h1H2. The molecule has 0 spiro atoms. The van der Waals surface area contributed by atoms with E-state index in [-0.39, 0.29) is 0 Å². The Hall–Kier alpha value is 0.715. The number of halogens is 1. The Morgan fingerprint density at radius 1 is 1.75 bits per heavy atom. The van der Waals surface area contributed by atoms with Crippen LogP contribution in [0.2, 0.25) is 0 Å². The van der Waals surface area contributed by atoms with Gasteiger partial charge in [-0.05, 0) is 0 Å². The Labute approximate surface area is 39.5 Å². The van der Waals surface area contributed by atoms with Crippen molar-refractivity contribution in [1.29, 1.82) is 0 Å². The SMILES string of the molecule is BOOI. The van der Waals surface area contributed by atoms with Crippen LogP contribution in [-0.2, 0) is 8.02 Å². The zero-order chi connectivity index (χ0) is 3.41. The van der Waals surface area contributed by atoms with Gasteiger partial charge in [0.15, 0.2) is 23.0 Å². The van der Waals surface area contributed by atoms with Crippen LogP contribution in [0.1, 0.15) is 0 Å². The fraction of sp³-hybridized carbons (Fsp3) is 0. The predicted octanol–water partition coefficient (Wildman–Crippen LogP) is -0.167. The van der Waals surface area contributed by atoms with Crippen LogP contribution in [0.3, 0.4) is 0 Å². The summed E-state index contributed by atoms with van der Waals surface area (Å²) in [5.74, 6) is 0. The second-order valence-corrected chi connectivity index (χ2v) is 0.589. The molecular weight excluding hydrogens is 170 g/mol. The van der Waals surface area contributed by atoms with Crippen molar-refractivity contribution >= 4 is 31.1 Å². The zero-order valence-electron chi connectivity index (χ0n) is 2.19. The van der Waals surface area contributed by atoms with Crippen molar-refractivity contribution < 1.29 is 8.02 Å². The first-order valence-corrected chi connectivity index (χ1v) is 1.61. The van der Waals surface area contributed by atoms with E-state index in [1.807, 2.05) is 0 Å². The molecule has 2 nitrogen and oxygen atoms in total. The van der Waals surface area contributed by atoms with E-state index in [0.717, 1.165) is 0 Å². The fourth-order valence-corrected chi connectivity index (χ4v) is 0. The van der Waals surface area contributed by atoms with Gasteiger partial charge < -0.3 is 4.81 Å². The molecule has 0 atom stereocenters. The summed E-state index contributed by atoms with van der Waals surface area (Å²) in [6.07, 6.45) is 0. The lowest BCUT2D eigenvalue weighted by Crippen LogP contribution is -1.67. The summed E-state index contributed by atoms with van der Waals surface area (Å²) >= 11 is 1.63. The first-order valence-electron chi connectivity index (χ1n) is 0.729. The first-order chi connectivity index (χ1) is 1.91. The van der Waals surface area contributed by atoms with E-state index in [9.17, 15) is 0 Å². The fourth-order valence-electron chi connectivity index (χ4n) is 0. The molecule has 4 heavy (non-hydrogen) atoms. The molecule has 0 unspecified atom stereocenters. The Morgan fingerprint density at radius 2 is 2.00 bits per heavy atom. The minimum absolute atomic E-state index is 1.45. The van der Waals surface area contributed by atoms with Gasteiger partial charge in [-0.15, -0.1) is 0 Å². The molecular formula is H2BIO2. The molecule has 0 aliphatic carbocycles. The molecule has 0 rings (SSSR count). The third kappa shape index (κ3) is 2.71. The van der Waals surface area contributed by atoms with Gasteiger partial charge in [-0.3, -0.25) is 0 Å². The minimum atomic E-state index is 1.45. The van der Waals surface area contributed by atoms with Crippen LogP contribution < -0.4 is 0 Å². The minimum Gasteiger partial charge on any atom is -0.305 e. The summed E-state index contributed by atoms with van der Waals surface area (Å²) in [7, 11) is 1.45. The second kappa shape index (κ2) is 3.71. The van der Waals surface area contributed by atoms with Gasteiger partial charge >= 0.3 is 8.05 Å². The van der Waals surface area contributed by atoms with Gasteiger partial charge in [-0.2, -0.15) is 3.22 Å².